The number of likely N-dealkylation sites (N-methyl/N-ethyl adjacent to an activating group) is 1. The highest BCUT2D eigenvalue weighted by Gasteiger charge is 2.50. The summed E-state index contributed by atoms with van der Waals surface area (Å²) in [7, 11) is 3.56. The zero-order valence-electron chi connectivity index (χ0n) is 22.7. The highest BCUT2D eigenvalue weighted by molar-refractivity contribution is 5.92. The molecule has 0 aromatic heterocycles. The number of rotatable bonds is 5. The maximum Gasteiger partial charge on any atom is 0.243 e. The van der Waals surface area contributed by atoms with Crippen molar-refractivity contribution in [3.63, 3.8) is 0 Å². The van der Waals surface area contributed by atoms with Crippen LogP contribution in [0.4, 0.5) is 4.39 Å². The van der Waals surface area contributed by atoms with Gasteiger partial charge >= 0.3 is 0 Å². The van der Waals surface area contributed by atoms with E-state index in [1.54, 1.807) is 19.1 Å². The number of likely N-dealkylation sites (tertiary alicyclic amines) is 2. The zero-order chi connectivity index (χ0) is 27.0. The first-order chi connectivity index (χ1) is 18.2. The molecule has 4 heterocycles. The average Bonchev–Trinajstić information content (AvgIpc) is 3.33. The molecule has 1 aromatic carbocycles. The molecule has 5 rings (SSSR count). The van der Waals surface area contributed by atoms with Crippen LogP contribution in [0, 0.1) is 5.82 Å². The number of nitrogens with one attached hydrogen (secondary N) is 1. The lowest BCUT2D eigenvalue weighted by atomic mass is 9.83. The van der Waals surface area contributed by atoms with Crippen LogP contribution >= 0.6 is 0 Å². The van der Waals surface area contributed by atoms with Gasteiger partial charge in [0.1, 0.15) is 6.04 Å². The first-order valence-electron chi connectivity index (χ1n) is 13.8. The number of carbonyl (C=O) groups excluding carboxylic acids is 3. The third-order valence-electron chi connectivity index (χ3n) is 9.28. The number of hydrogen-bond acceptors (Lipinski definition) is 6. The van der Waals surface area contributed by atoms with Crippen molar-refractivity contribution in [2.75, 3.05) is 46.9 Å². The van der Waals surface area contributed by atoms with Crippen LogP contribution in [0.5, 0.6) is 5.75 Å². The number of carbonyl (C=O) groups is 3. The summed E-state index contributed by atoms with van der Waals surface area (Å²) in [5.74, 6) is 0.0184. The van der Waals surface area contributed by atoms with E-state index in [-0.39, 0.29) is 35.3 Å². The van der Waals surface area contributed by atoms with Gasteiger partial charge in [0, 0.05) is 58.3 Å². The van der Waals surface area contributed by atoms with Crippen molar-refractivity contribution in [1.29, 1.82) is 0 Å². The first kappa shape index (κ1) is 26.9. The Labute approximate surface area is 224 Å². The topological polar surface area (TPSA) is 85.4 Å². The molecule has 0 aliphatic carbocycles. The lowest BCUT2D eigenvalue weighted by Gasteiger charge is -2.41. The number of fused-ring (bicyclic) bond motifs is 1. The van der Waals surface area contributed by atoms with Crippen molar-refractivity contribution in [2.24, 2.45) is 0 Å². The van der Waals surface area contributed by atoms with Crippen LogP contribution < -0.4 is 10.1 Å². The maximum absolute atomic E-state index is 13.8. The molecule has 4 fully saturated rings. The summed E-state index contributed by atoms with van der Waals surface area (Å²) in [5.41, 5.74) is 0.471. The fourth-order valence-electron chi connectivity index (χ4n) is 6.80. The smallest absolute Gasteiger partial charge is 0.243 e. The summed E-state index contributed by atoms with van der Waals surface area (Å²) in [6, 6.07) is 5.01. The molecule has 1 spiro atoms. The van der Waals surface area contributed by atoms with Crippen LogP contribution in [0.1, 0.15) is 51.0 Å². The van der Waals surface area contributed by atoms with E-state index in [1.165, 1.54) is 13.2 Å². The zero-order valence-corrected chi connectivity index (χ0v) is 22.7. The van der Waals surface area contributed by atoms with Gasteiger partial charge in [0.05, 0.1) is 19.1 Å². The van der Waals surface area contributed by atoms with Crippen LogP contribution in [-0.2, 0) is 20.9 Å². The second-order valence-electron chi connectivity index (χ2n) is 11.5. The molecule has 208 valence electrons. The lowest BCUT2D eigenvalue weighted by Crippen LogP contribution is -2.56. The number of methoxy groups -OCH3 is 1. The van der Waals surface area contributed by atoms with Gasteiger partial charge < -0.3 is 19.9 Å². The molecule has 0 unspecified atom stereocenters. The lowest BCUT2D eigenvalue weighted by molar-refractivity contribution is -0.136. The monoisotopic (exact) mass is 529 g/mol. The van der Waals surface area contributed by atoms with E-state index < -0.39 is 11.6 Å². The molecule has 3 amide bonds. The van der Waals surface area contributed by atoms with Gasteiger partial charge in [-0.15, -0.1) is 0 Å². The Morgan fingerprint density at radius 3 is 2.53 bits per heavy atom. The normalized spacial score (nSPS) is 26.4. The van der Waals surface area contributed by atoms with Gasteiger partial charge in [-0.05, 0) is 56.8 Å². The van der Waals surface area contributed by atoms with Gasteiger partial charge in [-0.25, -0.2) is 4.39 Å². The summed E-state index contributed by atoms with van der Waals surface area (Å²) in [6.45, 7) is 5.89. The number of piperidine rings is 2. The SMILES string of the molecule is COc1cc(CN2CCC3(CC2)CC(=O)N2C[C@@H](N(C)C4CCN(C(C)=O)CC4)C[C@H]2C(=O)N3)ccc1F. The van der Waals surface area contributed by atoms with E-state index in [2.05, 4.69) is 22.2 Å². The summed E-state index contributed by atoms with van der Waals surface area (Å²) in [5, 5.41) is 3.30. The molecule has 4 saturated heterocycles. The molecular weight excluding hydrogens is 489 g/mol. The Morgan fingerprint density at radius 2 is 1.87 bits per heavy atom. The Bertz CT molecular complexity index is 1040. The van der Waals surface area contributed by atoms with Crippen molar-refractivity contribution in [3.8, 4) is 5.75 Å². The predicted molar refractivity (Wildman–Crippen MR) is 140 cm³/mol. The average molecular weight is 530 g/mol. The molecule has 1 N–H and O–H groups in total. The number of hydrogen-bond donors (Lipinski definition) is 1. The van der Waals surface area contributed by atoms with Gasteiger partial charge in [-0.1, -0.05) is 6.07 Å². The van der Waals surface area contributed by atoms with E-state index >= 15 is 0 Å². The van der Waals surface area contributed by atoms with Gasteiger partial charge in [0.25, 0.3) is 0 Å². The molecular formula is C28H40FN5O4. The first-order valence-corrected chi connectivity index (χ1v) is 13.8. The van der Waals surface area contributed by atoms with Crippen molar-refractivity contribution < 1.29 is 23.5 Å². The van der Waals surface area contributed by atoms with Crippen LogP contribution in [0.3, 0.4) is 0 Å². The summed E-state index contributed by atoms with van der Waals surface area (Å²) >= 11 is 0. The highest BCUT2D eigenvalue weighted by atomic mass is 19.1. The predicted octanol–water partition coefficient (Wildman–Crippen LogP) is 1.60. The number of halogens is 1. The van der Waals surface area contributed by atoms with E-state index in [4.69, 9.17) is 4.74 Å². The molecule has 0 radical (unpaired) electrons. The van der Waals surface area contributed by atoms with Gasteiger partial charge in [-0.2, -0.15) is 0 Å². The van der Waals surface area contributed by atoms with Gasteiger partial charge in [0.15, 0.2) is 11.6 Å². The molecule has 0 saturated carbocycles. The Morgan fingerprint density at radius 1 is 1.16 bits per heavy atom. The van der Waals surface area contributed by atoms with Crippen molar-refractivity contribution in [1.82, 2.24) is 24.9 Å². The molecule has 10 heteroatoms. The van der Waals surface area contributed by atoms with Gasteiger partial charge in [-0.3, -0.25) is 24.2 Å². The maximum atomic E-state index is 13.8. The second kappa shape index (κ2) is 10.8. The Hall–Kier alpha value is -2.72. The van der Waals surface area contributed by atoms with Crippen LogP contribution in [-0.4, -0.2) is 108 Å². The van der Waals surface area contributed by atoms with E-state index in [9.17, 15) is 18.8 Å². The van der Waals surface area contributed by atoms with E-state index in [0.717, 1.165) is 44.6 Å². The van der Waals surface area contributed by atoms with E-state index in [0.29, 0.717) is 44.8 Å². The minimum Gasteiger partial charge on any atom is -0.494 e. The molecule has 0 bridgehead atoms. The summed E-state index contributed by atoms with van der Waals surface area (Å²) in [4.78, 5) is 46.9. The van der Waals surface area contributed by atoms with Crippen molar-refractivity contribution in [2.45, 2.75) is 75.7 Å². The van der Waals surface area contributed by atoms with Crippen molar-refractivity contribution >= 4 is 17.7 Å². The van der Waals surface area contributed by atoms with Crippen LogP contribution in [0.15, 0.2) is 18.2 Å². The summed E-state index contributed by atoms with van der Waals surface area (Å²) in [6.07, 6.45) is 4.24. The largest absolute Gasteiger partial charge is 0.494 e. The Kier molecular flexibility index (Phi) is 7.64. The third kappa shape index (κ3) is 5.38. The number of ether oxygens (including phenoxy) is 1. The molecule has 4 aliphatic rings. The number of nitrogens with zero attached hydrogens (tertiary/aromatic N) is 4. The van der Waals surface area contributed by atoms with E-state index in [1.807, 2.05) is 9.80 Å². The van der Waals surface area contributed by atoms with Crippen molar-refractivity contribution in [3.05, 3.63) is 29.6 Å². The quantitative estimate of drug-likeness (QED) is 0.624. The molecule has 1 aromatic rings. The van der Waals surface area contributed by atoms with Gasteiger partial charge in [0.2, 0.25) is 17.7 Å². The third-order valence-corrected chi connectivity index (χ3v) is 9.28. The van der Waals surface area contributed by atoms with Crippen LogP contribution in [0.2, 0.25) is 0 Å². The number of benzene rings is 1. The minimum absolute atomic E-state index is 0.0325. The summed E-state index contributed by atoms with van der Waals surface area (Å²) < 4.78 is 18.9. The molecule has 9 nitrogen and oxygen atoms in total. The van der Waals surface area contributed by atoms with Crippen LogP contribution in [0.25, 0.3) is 0 Å². The standard InChI is InChI=1S/C28H40FN5O4/c1-19(35)33-10-6-21(7-11-33)31(2)22-15-24-27(37)30-28(16-26(36)34(24)18-22)8-12-32(13-9-28)17-20-4-5-23(29)25(14-20)38-3/h4-5,14,21-22,24H,6-13,15-18H2,1-3H3,(H,30,37)/t22-,24-/m0/s1. The minimum atomic E-state index is -0.504. The molecule has 4 aliphatic heterocycles. The number of amides is 3. The fraction of sp³-hybridized carbons (Fsp3) is 0.679. The Balaban J connectivity index is 1.17. The molecule has 2 atom stereocenters. The fourth-order valence-corrected chi connectivity index (χ4v) is 6.80. The molecule has 38 heavy (non-hydrogen) atoms. The highest BCUT2D eigenvalue weighted by Crippen LogP contribution is 2.35. The second-order valence-corrected chi connectivity index (χ2v) is 11.5.